The van der Waals surface area contributed by atoms with Crippen molar-refractivity contribution in [2.75, 3.05) is 11.9 Å². The Bertz CT molecular complexity index is 1110. The largest absolute Gasteiger partial charge is 0.465 e. The number of nitrogens with zero attached hydrogens (tertiary/aromatic N) is 3. The second kappa shape index (κ2) is 6.76. The molecule has 2 heterocycles. The van der Waals surface area contributed by atoms with Crippen molar-refractivity contribution in [3.63, 3.8) is 0 Å². The van der Waals surface area contributed by atoms with Crippen LogP contribution < -0.4 is 5.32 Å². The van der Waals surface area contributed by atoms with E-state index < -0.39 is 28.8 Å². The summed E-state index contributed by atoms with van der Waals surface area (Å²) >= 11 is 0. The number of hydrogen-bond donors (Lipinski definition) is 1. The number of non-ortho nitro benzene ring substituents is 1. The first-order valence-electron chi connectivity index (χ1n) is 8.70. The fraction of sp³-hybridized carbons (Fsp3) is 0.211. The molecule has 1 aliphatic heterocycles. The number of carbonyl (C=O) groups excluding carboxylic acids is 2. The number of imidazole rings is 1. The Morgan fingerprint density at radius 3 is 2.82 bits per heavy atom. The smallest absolute Gasteiger partial charge is 0.321 e. The van der Waals surface area contributed by atoms with Crippen molar-refractivity contribution in [1.29, 1.82) is 0 Å². The summed E-state index contributed by atoms with van der Waals surface area (Å²) < 4.78 is 6.84. The summed E-state index contributed by atoms with van der Waals surface area (Å²) in [5.41, 5.74) is 1.66. The SMILES string of the molecule is CCOC(=O)[C@H]1C(=O)Nc2nc3ccccc3n2[C@H]1c1cccc([N+](=O)[O-])c1. The van der Waals surface area contributed by atoms with Gasteiger partial charge in [0.25, 0.3) is 5.69 Å². The Hall–Kier alpha value is -3.75. The van der Waals surface area contributed by atoms with E-state index in [1.807, 2.05) is 18.2 Å². The number of hydrogen-bond acceptors (Lipinski definition) is 6. The summed E-state index contributed by atoms with van der Waals surface area (Å²) in [5.74, 6) is -2.17. The minimum Gasteiger partial charge on any atom is -0.465 e. The van der Waals surface area contributed by atoms with Crippen LogP contribution in [0, 0.1) is 16.0 Å². The number of aromatic nitrogens is 2. The third-order valence-corrected chi connectivity index (χ3v) is 4.67. The number of anilines is 1. The first kappa shape index (κ1) is 17.7. The highest BCUT2D eigenvalue weighted by Gasteiger charge is 2.44. The number of nitro benzene ring substituents is 1. The molecule has 0 radical (unpaired) electrons. The van der Waals surface area contributed by atoms with Crippen LogP contribution in [-0.4, -0.2) is 33.0 Å². The van der Waals surface area contributed by atoms with E-state index in [4.69, 9.17) is 4.74 Å². The highest BCUT2D eigenvalue weighted by atomic mass is 16.6. The Labute approximate surface area is 159 Å². The number of amides is 1. The van der Waals surface area contributed by atoms with Gasteiger partial charge in [0, 0.05) is 12.1 Å². The summed E-state index contributed by atoms with van der Waals surface area (Å²) in [6.45, 7) is 1.76. The van der Waals surface area contributed by atoms with Crippen LogP contribution in [-0.2, 0) is 14.3 Å². The van der Waals surface area contributed by atoms with E-state index in [0.717, 1.165) is 0 Å². The molecule has 1 N–H and O–H groups in total. The van der Waals surface area contributed by atoms with E-state index in [2.05, 4.69) is 10.3 Å². The van der Waals surface area contributed by atoms with Crippen molar-refractivity contribution in [2.45, 2.75) is 13.0 Å². The monoisotopic (exact) mass is 380 g/mol. The topological polar surface area (TPSA) is 116 Å². The molecular formula is C19H16N4O5. The maximum atomic E-state index is 12.8. The van der Waals surface area contributed by atoms with Gasteiger partial charge in [0.2, 0.25) is 11.9 Å². The van der Waals surface area contributed by atoms with Gasteiger partial charge in [-0.3, -0.25) is 25.0 Å². The van der Waals surface area contributed by atoms with Gasteiger partial charge in [-0.25, -0.2) is 4.98 Å². The minimum absolute atomic E-state index is 0.113. The van der Waals surface area contributed by atoms with Crippen molar-refractivity contribution in [1.82, 2.24) is 9.55 Å². The van der Waals surface area contributed by atoms with Gasteiger partial charge in [-0.15, -0.1) is 0 Å². The Kier molecular flexibility index (Phi) is 4.26. The predicted octanol–water partition coefficient (Wildman–Crippen LogP) is 2.67. The van der Waals surface area contributed by atoms with Crippen LogP contribution in [0.1, 0.15) is 18.5 Å². The van der Waals surface area contributed by atoms with Gasteiger partial charge in [0.05, 0.1) is 28.6 Å². The molecule has 142 valence electrons. The number of nitro groups is 1. The summed E-state index contributed by atoms with van der Waals surface area (Å²) in [5, 5.41) is 13.9. The molecular weight excluding hydrogens is 364 g/mol. The molecule has 9 heteroatoms. The van der Waals surface area contributed by atoms with E-state index in [-0.39, 0.29) is 18.2 Å². The van der Waals surface area contributed by atoms with Gasteiger partial charge in [0.15, 0.2) is 5.92 Å². The molecule has 1 aliphatic rings. The van der Waals surface area contributed by atoms with E-state index in [1.54, 1.807) is 23.6 Å². The Morgan fingerprint density at radius 1 is 1.29 bits per heavy atom. The lowest BCUT2D eigenvalue weighted by atomic mass is 9.90. The second-order valence-corrected chi connectivity index (χ2v) is 6.31. The molecule has 0 unspecified atom stereocenters. The van der Waals surface area contributed by atoms with E-state index in [0.29, 0.717) is 16.6 Å². The molecule has 28 heavy (non-hydrogen) atoms. The van der Waals surface area contributed by atoms with Crippen molar-refractivity contribution in [3.8, 4) is 0 Å². The first-order chi connectivity index (χ1) is 13.5. The van der Waals surface area contributed by atoms with Crippen molar-refractivity contribution in [2.24, 2.45) is 5.92 Å². The van der Waals surface area contributed by atoms with Gasteiger partial charge < -0.3 is 9.30 Å². The van der Waals surface area contributed by atoms with Gasteiger partial charge >= 0.3 is 5.97 Å². The molecule has 0 saturated heterocycles. The lowest BCUT2D eigenvalue weighted by molar-refractivity contribution is -0.384. The summed E-state index contributed by atoms with van der Waals surface area (Å²) in [4.78, 5) is 40.5. The van der Waals surface area contributed by atoms with Crippen LogP contribution in [0.4, 0.5) is 11.6 Å². The highest BCUT2D eigenvalue weighted by Crippen LogP contribution is 2.39. The fourth-order valence-electron chi connectivity index (χ4n) is 3.53. The average Bonchev–Trinajstić information content (AvgIpc) is 3.04. The number of para-hydroxylation sites is 2. The summed E-state index contributed by atoms with van der Waals surface area (Å²) in [6, 6.07) is 12.3. The summed E-state index contributed by atoms with van der Waals surface area (Å²) in [7, 11) is 0. The molecule has 0 saturated carbocycles. The first-order valence-corrected chi connectivity index (χ1v) is 8.70. The minimum atomic E-state index is -1.20. The molecule has 0 fully saturated rings. The molecule has 0 aliphatic carbocycles. The molecule has 0 bridgehead atoms. The van der Waals surface area contributed by atoms with E-state index in [9.17, 15) is 19.7 Å². The van der Waals surface area contributed by atoms with Crippen LogP contribution in [0.2, 0.25) is 0 Å². The van der Waals surface area contributed by atoms with Crippen LogP contribution in [0.5, 0.6) is 0 Å². The fourth-order valence-corrected chi connectivity index (χ4v) is 3.53. The molecule has 3 aromatic rings. The van der Waals surface area contributed by atoms with E-state index in [1.165, 1.54) is 18.2 Å². The molecule has 0 spiro atoms. The Balaban J connectivity index is 1.97. The second-order valence-electron chi connectivity index (χ2n) is 6.31. The highest BCUT2D eigenvalue weighted by molar-refractivity contribution is 6.07. The van der Waals surface area contributed by atoms with E-state index >= 15 is 0 Å². The predicted molar refractivity (Wildman–Crippen MR) is 99.7 cm³/mol. The zero-order valence-corrected chi connectivity index (χ0v) is 14.9. The van der Waals surface area contributed by atoms with Crippen LogP contribution in [0.15, 0.2) is 48.5 Å². The maximum Gasteiger partial charge on any atom is 0.321 e. The molecule has 1 aromatic heterocycles. The number of esters is 1. The van der Waals surface area contributed by atoms with Crippen molar-refractivity contribution in [3.05, 3.63) is 64.2 Å². The van der Waals surface area contributed by atoms with Crippen LogP contribution >= 0.6 is 0 Å². The third-order valence-electron chi connectivity index (χ3n) is 4.67. The van der Waals surface area contributed by atoms with Crippen molar-refractivity contribution < 1.29 is 19.2 Å². The number of benzene rings is 2. The number of fused-ring (bicyclic) bond motifs is 3. The van der Waals surface area contributed by atoms with Crippen LogP contribution in [0.3, 0.4) is 0 Å². The number of rotatable bonds is 4. The van der Waals surface area contributed by atoms with Gasteiger partial charge in [0.1, 0.15) is 0 Å². The molecule has 2 aromatic carbocycles. The van der Waals surface area contributed by atoms with Crippen LogP contribution in [0.25, 0.3) is 11.0 Å². The average molecular weight is 380 g/mol. The molecule has 4 rings (SSSR count). The summed E-state index contributed by atoms with van der Waals surface area (Å²) in [6.07, 6.45) is 0. The maximum absolute atomic E-state index is 12.8. The lowest BCUT2D eigenvalue weighted by Crippen LogP contribution is -2.43. The normalized spacial score (nSPS) is 18.4. The molecule has 9 nitrogen and oxygen atoms in total. The quantitative estimate of drug-likeness (QED) is 0.322. The van der Waals surface area contributed by atoms with Gasteiger partial charge in [-0.1, -0.05) is 24.3 Å². The Morgan fingerprint density at radius 2 is 2.07 bits per heavy atom. The molecule has 1 amide bonds. The number of nitrogens with one attached hydrogen (secondary N) is 1. The van der Waals surface area contributed by atoms with Gasteiger partial charge in [-0.05, 0) is 24.6 Å². The standard InChI is InChI=1S/C19H16N4O5/c1-2-28-18(25)15-16(11-6-5-7-12(10-11)23(26)27)22-14-9-4-3-8-13(14)20-19(22)21-17(15)24/h3-10,15-16H,2H2,1H3,(H,20,21,24)/t15-,16+/m1/s1. The zero-order chi connectivity index (χ0) is 19.8. The number of carbonyl (C=O) groups is 2. The lowest BCUT2D eigenvalue weighted by Gasteiger charge is -2.32. The van der Waals surface area contributed by atoms with Gasteiger partial charge in [-0.2, -0.15) is 0 Å². The molecule has 2 atom stereocenters. The third kappa shape index (κ3) is 2.77. The van der Waals surface area contributed by atoms with Crippen molar-refractivity contribution >= 4 is 34.5 Å². The number of ether oxygens (including phenoxy) is 1. The zero-order valence-electron chi connectivity index (χ0n) is 14.9.